The van der Waals surface area contributed by atoms with Gasteiger partial charge in [0.2, 0.25) is 0 Å². The van der Waals surface area contributed by atoms with Crippen LogP contribution in [0.2, 0.25) is 10.0 Å². The van der Waals surface area contributed by atoms with Crippen LogP contribution < -0.4 is 11.1 Å². The molecule has 4 nitrogen and oxygen atoms in total. The van der Waals surface area contributed by atoms with E-state index in [0.717, 1.165) is 35.6 Å². The number of halogens is 2. The minimum atomic E-state index is 0.601. The topological polar surface area (TPSA) is 55.9 Å². The van der Waals surface area contributed by atoms with Crippen molar-refractivity contribution in [2.24, 2.45) is 7.05 Å². The summed E-state index contributed by atoms with van der Waals surface area (Å²) in [5, 5.41) is 8.89. The number of aryl methyl sites for hydroxylation is 3. The molecule has 0 saturated heterocycles. The Kier molecular flexibility index (Phi) is 4.45. The van der Waals surface area contributed by atoms with Crippen LogP contribution in [-0.2, 0) is 13.5 Å². The number of benzene rings is 1. The van der Waals surface area contributed by atoms with Gasteiger partial charge in [0.1, 0.15) is 0 Å². The highest BCUT2D eigenvalue weighted by molar-refractivity contribution is 6.35. The second-order valence-corrected chi connectivity index (χ2v) is 5.60. The van der Waals surface area contributed by atoms with E-state index in [2.05, 4.69) is 17.3 Å². The number of nitrogens with zero attached hydrogens (tertiary/aromatic N) is 2. The van der Waals surface area contributed by atoms with Gasteiger partial charge < -0.3 is 11.1 Å². The van der Waals surface area contributed by atoms with Gasteiger partial charge in [0.15, 0.2) is 5.82 Å². The molecular weight excluding hydrogens is 295 g/mol. The molecule has 0 atom stereocenters. The molecule has 1 aromatic carbocycles. The summed E-state index contributed by atoms with van der Waals surface area (Å²) in [5.41, 5.74) is 9.34. The fraction of sp³-hybridized carbons (Fsp3) is 0.357. The lowest BCUT2D eigenvalue weighted by Gasteiger charge is -2.11. The largest absolute Gasteiger partial charge is 0.394 e. The summed E-state index contributed by atoms with van der Waals surface area (Å²) in [6.45, 7) is 4.01. The standard InChI is InChI=1S/C14H18Cl2N4/c1-4-5-11-13(17)14(20(3)19-11)18-12-7-9(15)8(2)6-10(12)16/h6-7,18H,4-5,17H2,1-3H3. The molecule has 0 aliphatic carbocycles. The molecule has 0 amide bonds. The molecule has 2 aromatic rings. The van der Waals surface area contributed by atoms with Crippen molar-refractivity contribution in [3.8, 4) is 0 Å². The molecule has 0 radical (unpaired) electrons. The summed E-state index contributed by atoms with van der Waals surface area (Å²) < 4.78 is 1.73. The van der Waals surface area contributed by atoms with Crippen molar-refractivity contribution in [3.63, 3.8) is 0 Å². The summed E-state index contributed by atoms with van der Waals surface area (Å²) in [6.07, 6.45) is 1.85. The Balaban J connectivity index is 2.37. The Hall–Kier alpha value is -1.39. The predicted octanol–water partition coefficient (Wildman–Crippen LogP) is 4.31. The molecule has 0 aliphatic heterocycles. The number of anilines is 3. The van der Waals surface area contributed by atoms with E-state index in [1.165, 1.54) is 0 Å². The van der Waals surface area contributed by atoms with Crippen molar-refractivity contribution in [3.05, 3.63) is 33.4 Å². The molecule has 0 aliphatic rings. The molecule has 2 rings (SSSR count). The Bertz CT molecular complexity index is 635. The van der Waals surface area contributed by atoms with Gasteiger partial charge in [0.05, 0.1) is 22.1 Å². The molecule has 0 saturated carbocycles. The van der Waals surface area contributed by atoms with Crippen molar-refractivity contribution in [2.45, 2.75) is 26.7 Å². The number of nitrogens with two attached hydrogens (primary N) is 1. The summed E-state index contributed by atoms with van der Waals surface area (Å²) in [5.74, 6) is 0.732. The summed E-state index contributed by atoms with van der Waals surface area (Å²) >= 11 is 12.4. The zero-order valence-electron chi connectivity index (χ0n) is 11.8. The first-order valence-electron chi connectivity index (χ1n) is 6.48. The minimum Gasteiger partial charge on any atom is -0.394 e. The Morgan fingerprint density at radius 1 is 1.30 bits per heavy atom. The molecule has 108 valence electrons. The van der Waals surface area contributed by atoms with Crippen LogP contribution in [0.5, 0.6) is 0 Å². The fourth-order valence-corrected chi connectivity index (χ4v) is 2.46. The van der Waals surface area contributed by atoms with Crippen LogP contribution in [0.3, 0.4) is 0 Å². The van der Waals surface area contributed by atoms with Crippen LogP contribution in [0.4, 0.5) is 17.2 Å². The van der Waals surface area contributed by atoms with E-state index in [1.807, 2.05) is 20.0 Å². The van der Waals surface area contributed by atoms with E-state index < -0.39 is 0 Å². The van der Waals surface area contributed by atoms with Crippen molar-refractivity contribution < 1.29 is 0 Å². The molecule has 0 spiro atoms. The maximum Gasteiger partial charge on any atom is 0.152 e. The molecular formula is C14H18Cl2N4. The SMILES string of the molecule is CCCc1nn(C)c(Nc2cc(Cl)c(C)cc2Cl)c1N. The second kappa shape index (κ2) is 5.94. The first kappa shape index (κ1) is 15.0. The van der Waals surface area contributed by atoms with Gasteiger partial charge in [-0.05, 0) is 31.0 Å². The van der Waals surface area contributed by atoms with E-state index in [9.17, 15) is 0 Å². The minimum absolute atomic E-state index is 0.601. The third-order valence-electron chi connectivity index (χ3n) is 3.15. The quantitative estimate of drug-likeness (QED) is 0.884. The number of hydrogen-bond acceptors (Lipinski definition) is 3. The Morgan fingerprint density at radius 2 is 2.00 bits per heavy atom. The summed E-state index contributed by atoms with van der Waals surface area (Å²) in [6, 6.07) is 3.62. The van der Waals surface area contributed by atoms with Gasteiger partial charge in [0.25, 0.3) is 0 Å². The fourth-order valence-electron chi connectivity index (χ4n) is 2.04. The second-order valence-electron chi connectivity index (χ2n) is 4.79. The van der Waals surface area contributed by atoms with Crippen LogP contribution in [0.1, 0.15) is 24.6 Å². The first-order valence-corrected chi connectivity index (χ1v) is 7.23. The lowest BCUT2D eigenvalue weighted by molar-refractivity contribution is 0.740. The molecule has 0 fully saturated rings. The van der Waals surface area contributed by atoms with Gasteiger partial charge in [-0.15, -0.1) is 0 Å². The van der Waals surface area contributed by atoms with Crippen LogP contribution in [0, 0.1) is 6.92 Å². The molecule has 6 heteroatoms. The maximum atomic E-state index is 6.23. The van der Waals surface area contributed by atoms with Gasteiger partial charge in [0, 0.05) is 12.1 Å². The first-order chi connectivity index (χ1) is 9.43. The zero-order chi connectivity index (χ0) is 14.9. The van der Waals surface area contributed by atoms with E-state index in [-0.39, 0.29) is 0 Å². The predicted molar refractivity (Wildman–Crippen MR) is 86.1 cm³/mol. The van der Waals surface area contributed by atoms with E-state index in [1.54, 1.807) is 10.7 Å². The van der Waals surface area contributed by atoms with Gasteiger partial charge in [-0.25, -0.2) is 0 Å². The summed E-state index contributed by atoms with van der Waals surface area (Å²) in [7, 11) is 1.85. The van der Waals surface area contributed by atoms with Crippen LogP contribution in [-0.4, -0.2) is 9.78 Å². The Labute approximate surface area is 128 Å². The average molecular weight is 313 g/mol. The van der Waals surface area contributed by atoms with Gasteiger partial charge in [-0.3, -0.25) is 4.68 Å². The van der Waals surface area contributed by atoms with Crippen LogP contribution in [0.15, 0.2) is 12.1 Å². The van der Waals surface area contributed by atoms with E-state index in [0.29, 0.717) is 15.7 Å². The van der Waals surface area contributed by atoms with Crippen molar-refractivity contribution >= 4 is 40.4 Å². The Morgan fingerprint density at radius 3 is 2.65 bits per heavy atom. The third-order valence-corrected chi connectivity index (χ3v) is 3.87. The van der Waals surface area contributed by atoms with Gasteiger partial charge in [-0.1, -0.05) is 36.5 Å². The smallest absolute Gasteiger partial charge is 0.152 e. The lowest BCUT2D eigenvalue weighted by atomic mass is 10.2. The molecule has 3 N–H and O–H groups in total. The molecule has 0 bridgehead atoms. The number of nitrogen functional groups attached to an aromatic ring is 1. The zero-order valence-corrected chi connectivity index (χ0v) is 13.3. The van der Waals surface area contributed by atoms with Crippen molar-refractivity contribution in [2.75, 3.05) is 11.1 Å². The molecule has 1 aromatic heterocycles. The highest BCUT2D eigenvalue weighted by atomic mass is 35.5. The normalized spacial score (nSPS) is 10.8. The van der Waals surface area contributed by atoms with Crippen LogP contribution >= 0.6 is 23.2 Å². The van der Waals surface area contributed by atoms with E-state index >= 15 is 0 Å². The number of rotatable bonds is 4. The summed E-state index contributed by atoms with van der Waals surface area (Å²) in [4.78, 5) is 0. The number of nitrogens with one attached hydrogen (secondary N) is 1. The van der Waals surface area contributed by atoms with Crippen molar-refractivity contribution in [1.82, 2.24) is 9.78 Å². The highest BCUT2D eigenvalue weighted by Crippen LogP contribution is 2.33. The third kappa shape index (κ3) is 2.86. The lowest BCUT2D eigenvalue weighted by Crippen LogP contribution is -2.02. The average Bonchev–Trinajstić information content (AvgIpc) is 2.64. The monoisotopic (exact) mass is 312 g/mol. The highest BCUT2D eigenvalue weighted by Gasteiger charge is 2.14. The van der Waals surface area contributed by atoms with E-state index in [4.69, 9.17) is 28.9 Å². The molecule has 1 heterocycles. The number of hydrogen-bond donors (Lipinski definition) is 2. The number of aromatic nitrogens is 2. The maximum absolute atomic E-state index is 6.23. The molecule has 20 heavy (non-hydrogen) atoms. The van der Waals surface area contributed by atoms with Gasteiger partial charge >= 0.3 is 0 Å². The van der Waals surface area contributed by atoms with Crippen LogP contribution in [0.25, 0.3) is 0 Å². The van der Waals surface area contributed by atoms with Crippen molar-refractivity contribution in [1.29, 1.82) is 0 Å². The van der Waals surface area contributed by atoms with Gasteiger partial charge in [-0.2, -0.15) is 5.10 Å². The molecule has 0 unspecified atom stereocenters.